The SMILES string of the molecule is Fc1cccc(CSc2nncs2)c1F. The molecule has 6 heteroatoms. The molecule has 2 nitrogen and oxygen atoms in total. The summed E-state index contributed by atoms with van der Waals surface area (Å²) in [5.41, 5.74) is 1.94. The summed E-state index contributed by atoms with van der Waals surface area (Å²) in [6.45, 7) is 0. The van der Waals surface area contributed by atoms with Crippen molar-refractivity contribution >= 4 is 23.1 Å². The Kier molecular flexibility index (Phi) is 3.27. The van der Waals surface area contributed by atoms with Crippen LogP contribution in [0.4, 0.5) is 8.78 Å². The van der Waals surface area contributed by atoms with Gasteiger partial charge in [0.2, 0.25) is 0 Å². The van der Waals surface area contributed by atoms with Crippen molar-refractivity contribution in [3.8, 4) is 0 Å². The van der Waals surface area contributed by atoms with Gasteiger partial charge in [0.15, 0.2) is 16.0 Å². The lowest BCUT2D eigenvalue weighted by molar-refractivity contribution is 0.502. The van der Waals surface area contributed by atoms with E-state index in [1.54, 1.807) is 11.6 Å². The first-order valence-corrected chi connectivity index (χ1v) is 5.96. The summed E-state index contributed by atoms with van der Waals surface area (Å²) in [5, 5.41) is 7.45. The minimum atomic E-state index is -0.814. The standard InChI is InChI=1S/C9H6F2N2S2/c10-7-3-1-2-6(8(7)11)4-14-9-13-12-5-15-9/h1-3,5H,4H2. The van der Waals surface area contributed by atoms with Gasteiger partial charge in [-0.15, -0.1) is 10.2 Å². The minimum absolute atomic E-state index is 0.343. The highest BCUT2D eigenvalue weighted by Crippen LogP contribution is 2.25. The molecule has 78 valence electrons. The highest BCUT2D eigenvalue weighted by Gasteiger charge is 2.08. The van der Waals surface area contributed by atoms with E-state index in [1.165, 1.54) is 29.2 Å². The third kappa shape index (κ3) is 2.51. The van der Waals surface area contributed by atoms with E-state index in [4.69, 9.17) is 0 Å². The van der Waals surface area contributed by atoms with Gasteiger partial charge in [-0.1, -0.05) is 35.2 Å². The Morgan fingerprint density at radius 1 is 1.33 bits per heavy atom. The van der Waals surface area contributed by atoms with Gasteiger partial charge in [-0.05, 0) is 6.07 Å². The van der Waals surface area contributed by atoms with Crippen LogP contribution in [0.2, 0.25) is 0 Å². The van der Waals surface area contributed by atoms with Crippen LogP contribution in [-0.4, -0.2) is 10.2 Å². The Morgan fingerprint density at radius 3 is 2.93 bits per heavy atom. The van der Waals surface area contributed by atoms with E-state index in [0.717, 1.165) is 10.4 Å². The van der Waals surface area contributed by atoms with Gasteiger partial charge in [-0.25, -0.2) is 8.78 Å². The van der Waals surface area contributed by atoms with Crippen LogP contribution >= 0.6 is 23.1 Å². The van der Waals surface area contributed by atoms with Gasteiger partial charge in [0, 0.05) is 11.3 Å². The van der Waals surface area contributed by atoms with Gasteiger partial charge >= 0.3 is 0 Å². The maximum Gasteiger partial charge on any atom is 0.174 e. The van der Waals surface area contributed by atoms with Gasteiger partial charge < -0.3 is 0 Å². The number of halogens is 2. The smallest absolute Gasteiger partial charge is 0.174 e. The normalized spacial score (nSPS) is 10.5. The molecule has 0 saturated heterocycles. The molecular formula is C9H6F2N2S2. The molecule has 0 radical (unpaired) electrons. The molecule has 0 unspecified atom stereocenters. The quantitative estimate of drug-likeness (QED) is 0.776. The maximum absolute atomic E-state index is 13.2. The highest BCUT2D eigenvalue weighted by atomic mass is 32.2. The monoisotopic (exact) mass is 244 g/mol. The van der Waals surface area contributed by atoms with Gasteiger partial charge in [0.25, 0.3) is 0 Å². The lowest BCUT2D eigenvalue weighted by atomic mass is 10.2. The van der Waals surface area contributed by atoms with E-state index in [-0.39, 0.29) is 0 Å². The second-order valence-corrected chi connectivity index (χ2v) is 4.76. The first kappa shape index (κ1) is 10.5. The molecule has 0 aliphatic rings. The molecule has 0 aliphatic heterocycles. The van der Waals surface area contributed by atoms with Crippen molar-refractivity contribution in [2.45, 2.75) is 10.1 Å². The second kappa shape index (κ2) is 4.67. The predicted octanol–water partition coefficient (Wildman–Crippen LogP) is 3.11. The van der Waals surface area contributed by atoms with Crippen molar-refractivity contribution < 1.29 is 8.78 Å². The molecule has 1 aromatic carbocycles. The van der Waals surface area contributed by atoms with Crippen molar-refractivity contribution in [2.75, 3.05) is 0 Å². The number of rotatable bonds is 3. The predicted molar refractivity (Wildman–Crippen MR) is 55.8 cm³/mol. The van der Waals surface area contributed by atoms with Crippen LogP contribution in [-0.2, 0) is 5.75 Å². The first-order valence-electron chi connectivity index (χ1n) is 4.09. The van der Waals surface area contributed by atoms with Gasteiger partial charge in [-0.2, -0.15) is 0 Å². The van der Waals surface area contributed by atoms with E-state index in [0.29, 0.717) is 11.3 Å². The molecule has 0 saturated carbocycles. The molecule has 2 aromatic rings. The molecule has 0 fully saturated rings. The summed E-state index contributed by atoms with van der Waals surface area (Å²) in [6.07, 6.45) is 0. The summed E-state index contributed by atoms with van der Waals surface area (Å²) in [5.74, 6) is -1.24. The number of thioether (sulfide) groups is 1. The fourth-order valence-electron chi connectivity index (χ4n) is 1.03. The number of nitrogens with zero attached hydrogens (tertiary/aromatic N) is 2. The molecule has 0 atom stereocenters. The molecule has 1 heterocycles. The van der Waals surface area contributed by atoms with Crippen LogP contribution < -0.4 is 0 Å². The Balaban J connectivity index is 2.08. The zero-order valence-corrected chi connectivity index (χ0v) is 9.12. The van der Waals surface area contributed by atoms with Crippen molar-refractivity contribution in [2.24, 2.45) is 0 Å². The van der Waals surface area contributed by atoms with E-state index in [9.17, 15) is 8.78 Å². The van der Waals surface area contributed by atoms with Crippen LogP contribution in [0.15, 0.2) is 28.0 Å². The lowest BCUT2D eigenvalue weighted by Gasteiger charge is -2.01. The van der Waals surface area contributed by atoms with Crippen molar-refractivity contribution in [3.05, 3.63) is 40.9 Å². The Labute approximate surface area is 93.4 Å². The molecule has 0 spiro atoms. The molecule has 0 aliphatic carbocycles. The van der Waals surface area contributed by atoms with Gasteiger partial charge in [0.1, 0.15) is 5.51 Å². The average Bonchev–Trinajstić information content (AvgIpc) is 2.73. The van der Waals surface area contributed by atoms with E-state index >= 15 is 0 Å². The molecule has 2 rings (SSSR count). The van der Waals surface area contributed by atoms with E-state index in [2.05, 4.69) is 10.2 Å². The summed E-state index contributed by atoms with van der Waals surface area (Å²) in [7, 11) is 0. The Morgan fingerprint density at radius 2 is 2.20 bits per heavy atom. The fraction of sp³-hybridized carbons (Fsp3) is 0.111. The van der Waals surface area contributed by atoms with Crippen molar-refractivity contribution in [1.82, 2.24) is 10.2 Å². The van der Waals surface area contributed by atoms with Crippen molar-refractivity contribution in [1.29, 1.82) is 0 Å². The van der Waals surface area contributed by atoms with E-state index < -0.39 is 11.6 Å². The first-order chi connectivity index (χ1) is 7.27. The zero-order valence-electron chi connectivity index (χ0n) is 7.48. The largest absolute Gasteiger partial charge is 0.204 e. The van der Waals surface area contributed by atoms with Crippen LogP contribution in [0.5, 0.6) is 0 Å². The molecule has 0 amide bonds. The summed E-state index contributed by atoms with van der Waals surface area (Å²) in [4.78, 5) is 0. The third-order valence-electron chi connectivity index (χ3n) is 1.72. The van der Waals surface area contributed by atoms with Gasteiger partial charge in [0.05, 0.1) is 0 Å². The van der Waals surface area contributed by atoms with Crippen LogP contribution in [0.25, 0.3) is 0 Å². The number of aromatic nitrogens is 2. The molecular weight excluding hydrogens is 238 g/mol. The Bertz CT molecular complexity index is 445. The van der Waals surface area contributed by atoms with Crippen molar-refractivity contribution in [3.63, 3.8) is 0 Å². The van der Waals surface area contributed by atoms with E-state index in [1.807, 2.05) is 0 Å². The number of hydrogen-bond donors (Lipinski definition) is 0. The number of hydrogen-bond acceptors (Lipinski definition) is 4. The summed E-state index contributed by atoms with van der Waals surface area (Å²) >= 11 is 2.72. The lowest BCUT2D eigenvalue weighted by Crippen LogP contribution is -1.91. The van der Waals surface area contributed by atoms with Gasteiger partial charge in [-0.3, -0.25) is 0 Å². The fourth-order valence-corrected chi connectivity index (χ4v) is 2.49. The van der Waals surface area contributed by atoms with Crippen LogP contribution in [0.3, 0.4) is 0 Å². The number of benzene rings is 1. The summed E-state index contributed by atoms with van der Waals surface area (Å²) in [6, 6.07) is 4.16. The highest BCUT2D eigenvalue weighted by molar-refractivity contribution is 8.00. The molecule has 15 heavy (non-hydrogen) atoms. The Hall–Kier alpha value is -1.01. The minimum Gasteiger partial charge on any atom is -0.204 e. The second-order valence-electron chi connectivity index (χ2n) is 2.71. The molecule has 0 N–H and O–H groups in total. The molecule has 1 aromatic heterocycles. The average molecular weight is 244 g/mol. The maximum atomic E-state index is 13.2. The topological polar surface area (TPSA) is 25.8 Å². The van der Waals surface area contributed by atoms with Crippen LogP contribution in [0.1, 0.15) is 5.56 Å². The zero-order chi connectivity index (χ0) is 10.7. The summed E-state index contributed by atoms with van der Waals surface area (Å²) < 4.78 is 26.8. The molecule has 0 bridgehead atoms. The van der Waals surface area contributed by atoms with Crippen LogP contribution in [0, 0.1) is 11.6 Å². The third-order valence-corrected chi connectivity index (χ3v) is 3.63.